The van der Waals surface area contributed by atoms with Crippen LogP contribution in [0, 0.1) is 10.1 Å². The van der Waals surface area contributed by atoms with Crippen molar-refractivity contribution < 1.29 is 14.5 Å². The van der Waals surface area contributed by atoms with Gasteiger partial charge in [0.05, 0.1) is 21.9 Å². The van der Waals surface area contributed by atoms with E-state index < -0.39 is 10.8 Å². The predicted octanol–water partition coefficient (Wildman–Crippen LogP) is 3.45. The fourth-order valence-electron chi connectivity index (χ4n) is 2.33. The van der Waals surface area contributed by atoms with Crippen LogP contribution in [0.2, 0.25) is 5.02 Å². The van der Waals surface area contributed by atoms with Crippen molar-refractivity contribution in [2.24, 2.45) is 5.10 Å². The van der Waals surface area contributed by atoms with Crippen molar-refractivity contribution in [2.75, 3.05) is 24.3 Å². The van der Waals surface area contributed by atoms with Gasteiger partial charge in [0.1, 0.15) is 0 Å². The fourth-order valence-corrected chi connectivity index (χ4v) is 2.59. The summed E-state index contributed by atoms with van der Waals surface area (Å²) in [6.45, 7) is 1.59. The van der Waals surface area contributed by atoms with Crippen LogP contribution in [0.4, 0.5) is 17.1 Å². The van der Waals surface area contributed by atoms with Crippen LogP contribution in [0.25, 0.3) is 0 Å². The Bertz CT molecular complexity index is 958. The van der Waals surface area contributed by atoms with E-state index in [1.165, 1.54) is 12.1 Å². The van der Waals surface area contributed by atoms with Crippen LogP contribution >= 0.6 is 11.6 Å². The molecule has 10 heteroatoms. The van der Waals surface area contributed by atoms with Gasteiger partial charge in [-0.25, -0.2) is 5.43 Å². The second-order valence-corrected chi connectivity index (χ2v) is 6.78. The summed E-state index contributed by atoms with van der Waals surface area (Å²) < 4.78 is 0. The molecule has 0 aromatic heterocycles. The molecule has 0 unspecified atom stereocenters. The molecule has 2 rings (SSSR count). The monoisotopic (exact) mass is 417 g/mol. The Labute approximate surface area is 172 Å². The van der Waals surface area contributed by atoms with Gasteiger partial charge >= 0.3 is 0 Å². The number of hydrogen-bond acceptors (Lipinski definition) is 6. The lowest BCUT2D eigenvalue weighted by Crippen LogP contribution is -2.21. The first kappa shape index (κ1) is 21.8. The highest BCUT2D eigenvalue weighted by Gasteiger charge is 2.15. The van der Waals surface area contributed by atoms with E-state index in [9.17, 15) is 19.7 Å². The molecule has 0 aliphatic heterocycles. The Kier molecular flexibility index (Phi) is 7.27. The van der Waals surface area contributed by atoms with Gasteiger partial charge in [0.25, 0.3) is 11.6 Å². The summed E-state index contributed by atoms with van der Waals surface area (Å²) in [5, 5.41) is 17.3. The largest absolute Gasteiger partial charge is 0.378 e. The molecule has 0 aliphatic carbocycles. The molecule has 0 saturated carbocycles. The zero-order valence-corrected chi connectivity index (χ0v) is 16.9. The van der Waals surface area contributed by atoms with Gasteiger partial charge in [-0.3, -0.25) is 19.7 Å². The molecule has 0 aliphatic rings. The highest BCUT2D eigenvalue weighted by molar-refractivity contribution is 6.34. The lowest BCUT2D eigenvalue weighted by atomic mass is 10.2. The van der Waals surface area contributed by atoms with Crippen molar-refractivity contribution in [3.8, 4) is 0 Å². The van der Waals surface area contributed by atoms with Crippen molar-refractivity contribution in [3.05, 3.63) is 63.2 Å². The normalized spacial score (nSPS) is 11.0. The number of rotatable bonds is 7. The first-order chi connectivity index (χ1) is 13.7. The van der Waals surface area contributed by atoms with E-state index in [4.69, 9.17) is 11.6 Å². The molecule has 0 bridgehead atoms. The average Bonchev–Trinajstić information content (AvgIpc) is 2.66. The van der Waals surface area contributed by atoms with Crippen molar-refractivity contribution in [1.29, 1.82) is 0 Å². The van der Waals surface area contributed by atoms with Crippen molar-refractivity contribution in [3.63, 3.8) is 0 Å². The Hall–Kier alpha value is -3.46. The van der Waals surface area contributed by atoms with E-state index in [-0.39, 0.29) is 28.6 Å². The molecule has 2 aromatic carbocycles. The molecule has 0 saturated heterocycles. The molecule has 0 spiro atoms. The summed E-state index contributed by atoms with van der Waals surface area (Å²) in [4.78, 5) is 36.3. The predicted molar refractivity (Wildman–Crippen MR) is 113 cm³/mol. The van der Waals surface area contributed by atoms with Crippen molar-refractivity contribution in [2.45, 2.75) is 13.3 Å². The third-order valence-corrected chi connectivity index (χ3v) is 4.15. The molecule has 2 amide bonds. The van der Waals surface area contributed by atoms with Crippen LogP contribution < -0.4 is 15.6 Å². The highest BCUT2D eigenvalue weighted by atomic mass is 35.5. The minimum Gasteiger partial charge on any atom is -0.378 e. The maximum absolute atomic E-state index is 12.1. The molecule has 29 heavy (non-hydrogen) atoms. The third kappa shape index (κ3) is 6.28. The number of hydrazone groups is 1. The lowest BCUT2D eigenvalue weighted by Gasteiger charge is -2.13. The minimum atomic E-state index is -0.635. The number of benzene rings is 2. The van der Waals surface area contributed by atoms with Crippen LogP contribution in [0.15, 0.2) is 47.6 Å². The molecule has 152 valence electrons. The van der Waals surface area contributed by atoms with Crippen LogP contribution in [0.3, 0.4) is 0 Å². The van der Waals surface area contributed by atoms with Crippen molar-refractivity contribution >= 4 is 46.2 Å². The van der Waals surface area contributed by atoms with E-state index in [2.05, 4.69) is 15.8 Å². The highest BCUT2D eigenvalue weighted by Crippen LogP contribution is 2.22. The summed E-state index contributed by atoms with van der Waals surface area (Å²) in [5.41, 5.74) is 4.14. The maximum atomic E-state index is 12.1. The molecule has 0 fully saturated rings. The van der Waals surface area contributed by atoms with E-state index in [1.807, 2.05) is 31.1 Å². The lowest BCUT2D eigenvalue weighted by molar-refractivity contribution is -0.384. The Balaban J connectivity index is 1.93. The van der Waals surface area contributed by atoms with Gasteiger partial charge in [-0.15, -0.1) is 0 Å². The Morgan fingerprint density at radius 2 is 1.83 bits per heavy atom. The summed E-state index contributed by atoms with van der Waals surface area (Å²) in [5.74, 6) is -0.921. The minimum absolute atomic E-state index is 0.0241. The molecule has 2 aromatic rings. The fraction of sp³-hybridized carbons (Fsp3) is 0.211. The zero-order valence-electron chi connectivity index (χ0n) is 16.1. The molecule has 0 radical (unpaired) electrons. The van der Waals surface area contributed by atoms with Crippen LogP contribution in [-0.2, 0) is 4.79 Å². The average molecular weight is 418 g/mol. The van der Waals surface area contributed by atoms with E-state index in [0.717, 1.165) is 11.8 Å². The van der Waals surface area contributed by atoms with Crippen LogP contribution in [0.5, 0.6) is 0 Å². The van der Waals surface area contributed by atoms with Crippen molar-refractivity contribution in [1.82, 2.24) is 5.43 Å². The first-order valence-electron chi connectivity index (χ1n) is 8.52. The van der Waals surface area contributed by atoms with Gasteiger partial charge in [0.2, 0.25) is 5.91 Å². The number of carbonyl (C=O) groups is 2. The molecular formula is C19H20ClN5O4. The number of hydrogen-bond donors (Lipinski definition) is 2. The summed E-state index contributed by atoms with van der Waals surface area (Å²) in [6, 6.07) is 10.8. The number of nitro groups is 1. The molecule has 2 N–H and O–H groups in total. The number of nitrogens with zero attached hydrogens (tertiary/aromatic N) is 3. The SMILES string of the molecule is C/C(CC(=O)Nc1ccc(N(C)C)cc1)=N/NC(=O)c1ccc([N+](=O)[O-])cc1Cl. The number of anilines is 2. The van der Waals surface area contributed by atoms with Crippen LogP contribution in [-0.4, -0.2) is 36.5 Å². The van der Waals surface area contributed by atoms with Crippen LogP contribution in [0.1, 0.15) is 23.7 Å². The van der Waals surface area contributed by atoms with Gasteiger partial charge in [-0.1, -0.05) is 11.6 Å². The van der Waals surface area contributed by atoms with E-state index in [1.54, 1.807) is 19.1 Å². The number of nitro benzene ring substituents is 1. The van der Waals surface area contributed by atoms with Gasteiger partial charge in [-0.2, -0.15) is 5.10 Å². The van der Waals surface area contributed by atoms with E-state index >= 15 is 0 Å². The molecular weight excluding hydrogens is 398 g/mol. The quantitative estimate of drug-likeness (QED) is 0.406. The van der Waals surface area contributed by atoms with E-state index in [0.29, 0.717) is 11.4 Å². The number of amides is 2. The zero-order chi connectivity index (χ0) is 21.6. The smallest absolute Gasteiger partial charge is 0.272 e. The first-order valence-corrected chi connectivity index (χ1v) is 8.90. The Morgan fingerprint density at radius 1 is 1.17 bits per heavy atom. The topological polar surface area (TPSA) is 117 Å². The summed E-state index contributed by atoms with van der Waals surface area (Å²) in [7, 11) is 3.84. The third-order valence-electron chi connectivity index (χ3n) is 3.84. The summed E-state index contributed by atoms with van der Waals surface area (Å²) in [6.07, 6.45) is -0.0241. The second kappa shape index (κ2) is 9.65. The molecule has 9 nitrogen and oxygen atoms in total. The number of halogens is 1. The van der Waals surface area contributed by atoms with Gasteiger partial charge < -0.3 is 10.2 Å². The summed E-state index contributed by atoms with van der Waals surface area (Å²) >= 11 is 5.91. The Morgan fingerprint density at radius 3 is 2.38 bits per heavy atom. The molecule has 0 atom stereocenters. The number of non-ortho nitro benzene ring substituents is 1. The standard InChI is InChI=1S/C19H20ClN5O4/c1-12(10-18(26)21-13-4-6-14(7-5-13)24(2)3)22-23-19(27)16-9-8-15(25(28)29)11-17(16)20/h4-9,11H,10H2,1-3H3,(H,21,26)(H,23,27)/b22-12-. The van der Waals surface area contributed by atoms with Gasteiger partial charge in [0, 0.05) is 43.3 Å². The number of nitrogens with one attached hydrogen (secondary N) is 2. The van der Waals surface area contributed by atoms with Gasteiger partial charge in [-0.05, 0) is 37.3 Å². The molecule has 0 heterocycles. The van der Waals surface area contributed by atoms with Gasteiger partial charge in [0.15, 0.2) is 0 Å². The number of carbonyl (C=O) groups excluding carboxylic acids is 2. The second-order valence-electron chi connectivity index (χ2n) is 6.38. The maximum Gasteiger partial charge on any atom is 0.272 e.